The molecule has 4 rings (SSSR count). The van der Waals surface area contributed by atoms with Gasteiger partial charge in [-0.05, 0) is 48.0 Å². The summed E-state index contributed by atoms with van der Waals surface area (Å²) in [7, 11) is -2.25. The Bertz CT molecular complexity index is 1710. The minimum atomic E-state index is -3.63. The molecule has 0 aliphatic carbocycles. The molecule has 1 aromatic heterocycles. The van der Waals surface area contributed by atoms with E-state index in [2.05, 4.69) is 36.4 Å². The Balaban J connectivity index is 2.04. The number of carbonyl (C=O) groups is 1. The lowest BCUT2D eigenvalue weighted by molar-refractivity contribution is 0.0964. The first-order chi connectivity index (χ1) is 17.8. The molecule has 196 valence electrons. The molecule has 0 radical (unpaired) electrons. The fraction of sp³-hybridized carbons (Fsp3) is 0.207. The van der Waals surface area contributed by atoms with E-state index in [0.29, 0.717) is 27.8 Å². The van der Waals surface area contributed by atoms with Gasteiger partial charge in [0.15, 0.2) is 0 Å². The normalized spacial score (nSPS) is 11.7. The van der Waals surface area contributed by atoms with Gasteiger partial charge in [-0.15, -0.1) is 5.54 Å². The molecular formula is C29H29FN2O4SSi. The van der Waals surface area contributed by atoms with Crippen molar-refractivity contribution in [1.29, 1.82) is 0 Å². The van der Waals surface area contributed by atoms with Gasteiger partial charge in [0, 0.05) is 42.2 Å². The van der Waals surface area contributed by atoms with E-state index in [1.54, 1.807) is 12.1 Å². The molecule has 0 spiro atoms. The molecule has 0 aliphatic heterocycles. The summed E-state index contributed by atoms with van der Waals surface area (Å²) in [4.78, 5) is 13.0. The van der Waals surface area contributed by atoms with Gasteiger partial charge in [0.25, 0.3) is 5.91 Å². The molecule has 4 aromatic rings. The molecule has 1 N–H and O–H groups in total. The topological polar surface area (TPSA) is 79.6 Å². The number of fused-ring (bicyclic) bond motifs is 1. The van der Waals surface area contributed by atoms with Crippen LogP contribution >= 0.6 is 0 Å². The first-order valence-electron chi connectivity index (χ1n) is 11.9. The van der Waals surface area contributed by atoms with Gasteiger partial charge >= 0.3 is 0 Å². The van der Waals surface area contributed by atoms with Crippen LogP contribution in [0.3, 0.4) is 0 Å². The standard InChI is InChI=1S/C29H29FN2O4SSi/c1-31-29(33)27-24-17-23(21-9-7-8-19(16-21)14-15-38(4,5)6)25(32(2)37(3,34)35)18-26(24)36-28(27)20-10-12-22(30)13-11-20/h7-13,16-18H,1-6H3,(H,31,33). The van der Waals surface area contributed by atoms with E-state index in [4.69, 9.17) is 4.42 Å². The van der Waals surface area contributed by atoms with Crippen molar-refractivity contribution in [2.45, 2.75) is 19.6 Å². The molecule has 0 saturated carbocycles. The monoisotopic (exact) mass is 548 g/mol. The highest BCUT2D eigenvalue weighted by Gasteiger charge is 2.26. The number of amides is 1. The lowest BCUT2D eigenvalue weighted by atomic mass is 9.97. The van der Waals surface area contributed by atoms with Crippen molar-refractivity contribution >= 4 is 40.7 Å². The van der Waals surface area contributed by atoms with E-state index in [-0.39, 0.29) is 17.2 Å². The number of anilines is 1. The third-order valence-electron chi connectivity index (χ3n) is 5.96. The number of nitrogens with zero attached hydrogens (tertiary/aromatic N) is 1. The van der Waals surface area contributed by atoms with E-state index in [9.17, 15) is 17.6 Å². The average molecular weight is 549 g/mol. The first kappa shape index (κ1) is 27.2. The molecule has 9 heteroatoms. The van der Waals surface area contributed by atoms with Gasteiger partial charge in [0.1, 0.15) is 25.2 Å². The van der Waals surface area contributed by atoms with Crippen LogP contribution in [0.4, 0.5) is 10.1 Å². The number of sulfonamides is 1. The first-order valence-corrected chi connectivity index (χ1v) is 17.3. The van der Waals surface area contributed by atoms with E-state index in [1.165, 1.54) is 42.7 Å². The highest BCUT2D eigenvalue weighted by molar-refractivity contribution is 7.92. The number of hydrogen-bond acceptors (Lipinski definition) is 4. The Labute approximate surface area is 223 Å². The zero-order valence-corrected chi connectivity index (χ0v) is 24.0. The van der Waals surface area contributed by atoms with Crippen molar-refractivity contribution in [1.82, 2.24) is 5.32 Å². The molecule has 0 bridgehead atoms. The highest BCUT2D eigenvalue weighted by atomic mass is 32.2. The average Bonchev–Trinajstić information content (AvgIpc) is 3.24. The maximum absolute atomic E-state index is 13.6. The van der Waals surface area contributed by atoms with Crippen LogP contribution in [0.5, 0.6) is 0 Å². The Morgan fingerprint density at radius 3 is 2.32 bits per heavy atom. The Morgan fingerprint density at radius 2 is 1.71 bits per heavy atom. The molecule has 3 aromatic carbocycles. The lowest BCUT2D eigenvalue weighted by Crippen LogP contribution is -2.25. The second-order valence-electron chi connectivity index (χ2n) is 10.1. The van der Waals surface area contributed by atoms with Crippen LogP contribution in [0.2, 0.25) is 19.6 Å². The van der Waals surface area contributed by atoms with Crippen molar-refractivity contribution in [3.8, 4) is 33.9 Å². The van der Waals surface area contributed by atoms with Crippen LogP contribution < -0.4 is 9.62 Å². The molecule has 0 atom stereocenters. The van der Waals surface area contributed by atoms with Crippen molar-refractivity contribution in [2.24, 2.45) is 0 Å². The van der Waals surface area contributed by atoms with Crippen LogP contribution in [0, 0.1) is 17.3 Å². The van der Waals surface area contributed by atoms with Crippen molar-refractivity contribution in [3.63, 3.8) is 0 Å². The summed E-state index contributed by atoms with van der Waals surface area (Å²) in [6, 6.07) is 16.6. The van der Waals surface area contributed by atoms with Gasteiger partial charge in [0.05, 0.1) is 17.5 Å². The predicted octanol–water partition coefficient (Wildman–Crippen LogP) is 5.89. The van der Waals surface area contributed by atoms with E-state index in [1.807, 2.05) is 24.3 Å². The van der Waals surface area contributed by atoms with Gasteiger partial charge in [-0.25, -0.2) is 12.8 Å². The third kappa shape index (κ3) is 5.66. The van der Waals surface area contributed by atoms with Crippen LogP contribution in [0.25, 0.3) is 33.4 Å². The number of rotatable bonds is 5. The highest BCUT2D eigenvalue weighted by Crippen LogP contribution is 2.41. The Morgan fingerprint density at radius 1 is 1.03 bits per heavy atom. The summed E-state index contributed by atoms with van der Waals surface area (Å²) in [6.07, 6.45) is 1.12. The number of furan rings is 1. The maximum atomic E-state index is 13.6. The van der Waals surface area contributed by atoms with Crippen LogP contribution in [-0.2, 0) is 10.0 Å². The molecular weight excluding hydrogens is 519 g/mol. The molecule has 0 unspecified atom stereocenters. The van der Waals surface area contributed by atoms with Gasteiger partial charge in [0.2, 0.25) is 10.0 Å². The molecule has 38 heavy (non-hydrogen) atoms. The van der Waals surface area contributed by atoms with Gasteiger partial charge in [-0.2, -0.15) is 0 Å². The van der Waals surface area contributed by atoms with E-state index >= 15 is 0 Å². The summed E-state index contributed by atoms with van der Waals surface area (Å²) < 4.78 is 46.1. The minimum absolute atomic E-state index is 0.263. The smallest absolute Gasteiger partial charge is 0.255 e. The second-order valence-corrected chi connectivity index (χ2v) is 16.8. The second kappa shape index (κ2) is 10.1. The molecule has 0 fully saturated rings. The summed E-state index contributed by atoms with van der Waals surface area (Å²) in [5, 5.41) is 3.15. The summed E-state index contributed by atoms with van der Waals surface area (Å²) in [6.45, 7) is 6.48. The van der Waals surface area contributed by atoms with E-state index < -0.39 is 23.9 Å². The number of carbonyl (C=O) groups excluding carboxylic acids is 1. The summed E-state index contributed by atoms with van der Waals surface area (Å²) in [5.74, 6) is 2.71. The zero-order valence-electron chi connectivity index (χ0n) is 22.1. The largest absolute Gasteiger partial charge is 0.455 e. The lowest BCUT2D eigenvalue weighted by Gasteiger charge is -2.21. The molecule has 1 amide bonds. The van der Waals surface area contributed by atoms with Crippen molar-refractivity contribution in [3.05, 3.63) is 77.6 Å². The Hall–Kier alpha value is -3.87. The van der Waals surface area contributed by atoms with E-state index in [0.717, 1.165) is 17.4 Å². The number of benzene rings is 3. The maximum Gasteiger partial charge on any atom is 0.255 e. The van der Waals surface area contributed by atoms with Gasteiger partial charge in [-0.3, -0.25) is 9.10 Å². The quantitative estimate of drug-likeness (QED) is 0.249. The molecule has 0 aliphatic rings. The molecule has 1 heterocycles. The fourth-order valence-corrected chi connectivity index (χ4v) is 5.01. The van der Waals surface area contributed by atoms with Crippen molar-refractivity contribution < 1.29 is 22.0 Å². The molecule has 0 saturated heterocycles. The summed E-state index contributed by atoms with van der Waals surface area (Å²) in [5.41, 5.74) is 7.01. The van der Waals surface area contributed by atoms with Crippen LogP contribution in [0.15, 0.2) is 65.1 Å². The van der Waals surface area contributed by atoms with Crippen LogP contribution in [0.1, 0.15) is 15.9 Å². The van der Waals surface area contributed by atoms with Gasteiger partial charge in [-0.1, -0.05) is 37.7 Å². The predicted molar refractivity (Wildman–Crippen MR) is 154 cm³/mol. The number of halogens is 1. The Kier molecular flexibility index (Phi) is 7.24. The van der Waals surface area contributed by atoms with Gasteiger partial charge < -0.3 is 9.73 Å². The SMILES string of the molecule is CNC(=O)c1c(-c2ccc(F)cc2)oc2cc(N(C)S(C)(=O)=O)c(-c3cccc(C#C[Si](C)(C)C)c3)cc12. The molecule has 6 nitrogen and oxygen atoms in total. The van der Waals surface area contributed by atoms with Crippen LogP contribution in [-0.4, -0.2) is 42.7 Å². The van der Waals surface area contributed by atoms with Crippen molar-refractivity contribution in [2.75, 3.05) is 24.7 Å². The summed E-state index contributed by atoms with van der Waals surface area (Å²) >= 11 is 0. The number of nitrogens with one attached hydrogen (secondary N) is 1. The number of hydrogen-bond donors (Lipinski definition) is 1. The minimum Gasteiger partial charge on any atom is -0.455 e. The zero-order chi connectivity index (χ0) is 27.8. The fourth-order valence-electron chi connectivity index (χ4n) is 3.98. The third-order valence-corrected chi connectivity index (χ3v) is 8.03.